The lowest BCUT2D eigenvalue weighted by molar-refractivity contribution is -0.125. The number of rotatable bonds is 4. The van der Waals surface area contributed by atoms with Crippen molar-refractivity contribution in [3.63, 3.8) is 0 Å². The molecule has 0 spiro atoms. The Morgan fingerprint density at radius 2 is 2.12 bits per heavy atom. The van der Waals surface area contributed by atoms with Crippen LogP contribution in [-0.4, -0.2) is 25.7 Å². The van der Waals surface area contributed by atoms with Crippen molar-refractivity contribution < 1.29 is 9.53 Å². The number of benzene rings is 1. The first kappa shape index (κ1) is 15.9. The maximum Gasteiger partial charge on any atom is 0.254 e. The van der Waals surface area contributed by atoms with Gasteiger partial charge in [0.05, 0.1) is 0 Å². The molecule has 5 heteroatoms. The van der Waals surface area contributed by atoms with Crippen LogP contribution in [0.1, 0.15) is 11.1 Å². The Balaban J connectivity index is 0.00000256. The van der Waals surface area contributed by atoms with E-state index < -0.39 is 6.10 Å². The van der Waals surface area contributed by atoms with E-state index in [9.17, 15) is 4.79 Å². The number of methoxy groups -OCH3 is 1. The fraction of sp³-hybridized carbons (Fsp3) is 0.417. The number of amides is 1. The zero-order valence-electron chi connectivity index (χ0n) is 10.3. The van der Waals surface area contributed by atoms with Gasteiger partial charge >= 0.3 is 0 Å². The Morgan fingerprint density at radius 1 is 1.47 bits per heavy atom. The molecule has 1 unspecified atom stereocenters. The van der Waals surface area contributed by atoms with E-state index in [1.807, 2.05) is 32.0 Å². The SMILES string of the molecule is COC(CN)C(=O)Nc1ccc(C)cc1C.Cl. The van der Waals surface area contributed by atoms with Crippen LogP contribution in [0, 0.1) is 13.8 Å². The van der Waals surface area contributed by atoms with Gasteiger partial charge in [-0.1, -0.05) is 17.7 Å². The Bertz CT molecular complexity index is 379. The van der Waals surface area contributed by atoms with E-state index in [4.69, 9.17) is 10.5 Å². The zero-order chi connectivity index (χ0) is 12.1. The van der Waals surface area contributed by atoms with Crippen molar-refractivity contribution in [1.82, 2.24) is 0 Å². The Kier molecular flexibility index (Phi) is 6.80. The summed E-state index contributed by atoms with van der Waals surface area (Å²) in [7, 11) is 1.47. The van der Waals surface area contributed by atoms with Crippen molar-refractivity contribution >= 4 is 24.0 Å². The van der Waals surface area contributed by atoms with Crippen LogP contribution < -0.4 is 11.1 Å². The summed E-state index contributed by atoms with van der Waals surface area (Å²) in [6, 6.07) is 5.85. The van der Waals surface area contributed by atoms with E-state index in [1.54, 1.807) is 0 Å². The minimum Gasteiger partial charge on any atom is -0.370 e. The third-order valence-corrected chi connectivity index (χ3v) is 2.43. The molecule has 1 amide bonds. The molecule has 3 N–H and O–H groups in total. The molecule has 0 fully saturated rings. The van der Waals surface area contributed by atoms with Gasteiger partial charge in [0, 0.05) is 19.3 Å². The standard InChI is InChI=1S/C12H18N2O2.ClH/c1-8-4-5-10(9(2)6-8)14-12(15)11(7-13)16-3;/h4-6,11H,7,13H2,1-3H3,(H,14,15);1H. The molecule has 96 valence electrons. The maximum absolute atomic E-state index is 11.7. The lowest BCUT2D eigenvalue weighted by Crippen LogP contribution is -2.36. The van der Waals surface area contributed by atoms with Crippen molar-refractivity contribution in [3.05, 3.63) is 29.3 Å². The molecule has 0 radical (unpaired) electrons. The van der Waals surface area contributed by atoms with Crippen LogP contribution in [0.2, 0.25) is 0 Å². The van der Waals surface area contributed by atoms with Gasteiger partial charge in [-0.2, -0.15) is 0 Å². The molecule has 1 aromatic rings. The second-order valence-corrected chi connectivity index (χ2v) is 3.77. The normalized spacial score (nSPS) is 11.5. The third-order valence-electron chi connectivity index (χ3n) is 2.43. The maximum atomic E-state index is 11.7. The molecule has 1 atom stereocenters. The van der Waals surface area contributed by atoms with Gasteiger partial charge in [0.25, 0.3) is 5.91 Å². The number of hydrogen-bond donors (Lipinski definition) is 2. The monoisotopic (exact) mass is 258 g/mol. The fourth-order valence-electron chi connectivity index (χ4n) is 1.48. The minimum absolute atomic E-state index is 0. The average Bonchev–Trinajstić information content (AvgIpc) is 2.24. The molecular formula is C12H19ClN2O2. The van der Waals surface area contributed by atoms with Crippen LogP contribution in [0.4, 0.5) is 5.69 Å². The molecule has 4 nitrogen and oxygen atoms in total. The van der Waals surface area contributed by atoms with E-state index >= 15 is 0 Å². The molecule has 0 saturated carbocycles. The number of halogens is 1. The van der Waals surface area contributed by atoms with Gasteiger partial charge in [0.15, 0.2) is 0 Å². The lowest BCUT2D eigenvalue weighted by Gasteiger charge is -2.14. The molecule has 1 rings (SSSR count). The van der Waals surface area contributed by atoms with Gasteiger partial charge in [-0.05, 0) is 25.5 Å². The molecule has 0 aliphatic carbocycles. The number of nitrogens with one attached hydrogen (secondary N) is 1. The van der Waals surface area contributed by atoms with Gasteiger partial charge in [0.1, 0.15) is 6.10 Å². The first-order chi connectivity index (χ1) is 7.58. The molecule has 0 heterocycles. The molecule has 0 aliphatic rings. The van der Waals surface area contributed by atoms with E-state index in [2.05, 4.69) is 5.32 Å². The topological polar surface area (TPSA) is 64.3 Å². The van der Waals surface area contributed by atoms with Crippen LogP contribution in [0.3, 0.4) is 0 Å². The summed E-state index contributed by atoms with van der Waals surface area (Å²) in [6.45, 7) is 4.14. The fourth-order valence-corrected chi connectivity index (χ4v) is 1.48. The molecule has 0 aromatic heterocycles. The van der Waals surface area contributed by atoms with E-state index in [0.717, 1.165) is 16.8 Å². The highest BCUT2D eigenvalue weighted by atomic mass is 35.5. The number of ether oxygens (including phenoxy) is 1. The summed E-state index contributed by atoms with van der Waals surface area (Å²) in [6.07, 6.45) is -0.597. The van der Waals surface area contributed by atoms with Crippen molar-refractivity contribution in [3.8, 4) is 0 Å². The number of hydrogen-bond acceptors (Lipinski definition) is 3. The molecular weight excluding hydrogens is 240 g/mol. The van der Waals surface area contributed by atoms with Crippen LogP contribution >= 0.6 is 12.4 Å². The van der Waals surface area contributed by atoms with Crippen LogP contribution in [0.5, 0.6) is 0 Å². The van der Waals surface area contributed by atoms with Gasteiger partial charge in [-0.3, -0.25) is 4.79 Å². The van der Waals surface area contributed by atoms with Crippen LogP contribution in [-0.2, 0) is 9.53 Å². The van der Waals surface area contributed by atoms with E-state index in [1.165, 1.54) is 7.11 Å². The highest BCUT2D eigenvalue weighted by Crippen LogP contribution is 2.16. The number of carbonyl (C=O) groups is 1. The molecule has 0 bridgehead atoms. The van der Waals surface area contributed by atoms with Crippen molar-refractivity contribution in [2.75, 3.05) is 19.0 Å². The number of carbonyl (C=O) groups excluding carboxylic acids is 1. The number of aryl methyl sites for hydroxylation is 2. The summed E-state index contributed by atoms with van der Waals surface area (Å²) >= 11 is 0. The van der Waals surface area contributed by atoms with Gasteiger partial charge in [-0.15, -0.1) is 12.4 Å². The molecule has 1 aromatic carbocycles. The molecule has 17 heavy (non-hydrogen) atoms. The summed E-state index contributed by atoms with van der Waals surface area (Å²) in [5.74, 6) is -0.211. The lowest BCUT2D eigenvalue weighted by atomic mass is 10.1. The predicted octanol–water partition coefficient (Wildman–Crippen LogP) is 1.64. The number of nitrogens with two attached hydrogens (primary N) is 1. The number of anilines is 1. The second-order valence-electron chi connectivity index (χ2n) is 3.77. The summed E-state index contributed by atoms with van der Waals surface area (Å²) < 4.78 is 4.96. The Hall–Kier alpha value is -1.10. The summed E-state index contributed by atoms with van der Waals surface area (Å²) in [4.78, 5) is 11.7. The zero-order valence-corrected chi connectivity index (χ0v) is 11.1. The highest BCUT2D eigenvalue weighted by Gasteiger charge is 2.16. The largest absolute Gasteiger partial charge is 0.370 e. The first-order valence-corrected chi connectivity index (χ1v) is 5.19. The van der Waals surface area contributed by atoms with Crippen LogP contribution in [0.25, 0.3) is 0 Å². The van der Waals surface area contributed by atoms with Crippen molar-refractivity contribution in [2.24, 2.45) is 5.73 Å². The van der Waals surface area contributed by atoms with Crippen molar-refractivity contribution in [2.45, 2.75) is 20.0 Å². The smallest absolute Gasteiger partial charge is 0.254 e. The van der Waals surface area contributed by atoms with Gasteiger partial charge in [-0.25, -0.2) is 0 Å². The quantitative estimate of drug-likeness (QED) is 0.863. The Labute approximate surface area is 108 Å². The molecule has 0 aliphatic heterocycles. The van der Waals surface area contributed by atoms with Crippen molar-refractivity contribution in [1.29, 1.82) is 0 Å². The summed E-state index contributed by atoms with van der Waals surface area (Å²) in [5, 5.41) is 2.80. The Morgan fingerprint density at radius 3 is 2.59 bits per heavy atom. The van der Waals surface area contributed by atoms with Crippen LogP contribution in [0.15, 0.2) is 18.2 Å². The van der Waals surface area contributed by atoms with Gasteiger partial charge in [0.2, 0.25) is 0 Å². The average molecular weight is 259 g/mol. The highest BCUT2D eigenvalue weighted by molar-refractivity contribution is 5.95. The first-order valence-electron chi connectivity index (χ1n) is 5.19. The van der Waals surface area contributed by atoms with E-state index in [-0.39, 0.29) is 24.9 Å². The van der Waals surface area contributed by atoms with Gasteiger partial charge < -0.3 is 15.8 Å². The predicted molar refractivity (Wildman–Crippen MR) is 71.6 cm³/mol. The minimum atomic E-state index is -0.597. The third kappa shape index (κ3) is 4.34. The summed E-state index contributed by atoms with van der Waals surface area (Å²) in [5.41, 5.74) is 8.40. The van der Waals surface area contributed by atoms with E-state index in [0.29, 0.717) is 0 Å². The second kappa shape index (κ2) is 7.27. The molecule has 0 saturated heterocycles.